The van der Waals surface area contributed by atoms with Crippen LogP contribution in [0.5, 0.6) is 0 Å². The van der Waals surface area contributed by atoms with Crippen LogP contribution in [0.25, 0.3) is 5.57 Å². The predicted molar refractivity (Wildman–Crippen MR) is 126 cm³/mol. The van der Waals surface area contributed by atoms with Gasteiger partial charge in [0.2, 0.25) is 5.91 Å². The van der Waals surface area contributed by atoms with Crippen LogP contribution in [0.2, 0.25) is 0 Å². The third-order valence-corrected chi connectivity index (χ3v) is 6.92. The fourth-order valence-corrected chi connectivity index (χ4v) is 5.08. The maximum atomic E-state index is 13.1. The van der Waals surface area contributed by atoms with E-state index in [1.807, 2.05) is 24.8 Å². The number of carbonyl (C=O) groups excluding carboxylic acids is 1. The molecule has 3 aliphatic rings. The van der Waals surface area contributed by atoms with Crippen LogP contribution in [-0.2, 0) is 20.4 Å². The number of hydrogen-bond donors (Lipinski definition) is 1. The number of alkyl halides is 3. The molecule has 0 spiro atoms. The molecule has 1 saturated carbocycles. The van der Waals surface area contributed by atoms with Crippen LogP contribution in [0.3, 0.4) is 0 Å². The zero-order valence-corrected chi connectivity index (χ0v) is 20.4. The zero-order chi connectivity index (χ0) is 24.7. The highest BCUT2D eigenvalue weighted by atomic mass is 19.4. The van der Waals surface area contributed by atoms with E-state index in [0.29, 0.717) is 37.7 Å². The summed E-state index contributed by atoms with van der Waals surface area (Å²) in [5.41, 5.74) is 0.816. The van der Waals surface area contributed by atoms with Crippen LogP contribution in [0.15, 0.2) is 30.3 Å². The second kappa shape index (κ2) is 12.2. The average molecular weight is 483 g/mol. The molecule has 0 radical (unpaired) electrons. The topological polar surface area (TPSA) is 50.8 Å². The molecular formula is C26H37F3N2O3. The van der Waals surface area contributed by atoms with Crippen molar-refractivity contribution < 1.29 is 27.4 Å². The highest BCUT2D eigenvalue weighted by molar-refractivity contribution is 5.81. The van der Waals surface area contributed by atoms with Crippen molar-refractivity contribution in [2.75, 3.05) is 33.4 Å². The number of hydrogen-bond acceptors (Lipinski definition) is 4. The molecule has 34 heavy (non-hydrogen) atoms. The molecule has 4 atom stereocenters. The van der Waals surface area contributed by atoms with Gasteiger partial charge >= 0.3 is 6.18 Å². The Labute approximate surface area is 200 Å². The van der Waals surface area contributed by atoms with Crippen molar-refractivity contribution in [2.24, 2.45) is 5.92 Å². The minimum atomic E-state index is -4.35. The number of nitrogens with one attached hydrogen (secondary N) is 1. The maximum absolute atomic E-state index is 13.1. The second-order valence-corrected chi connectivity index (χ2v) is 8.96. The van der Waals surface area contributed by atoms with Crippen LogP contribution >= 0.6 is 0 Å². The molecule has 1 N–H and O–H groups in total. The average Bonchev–Trinajstić information content (AvgIpc) is 3.33. The molecule has 1 aliphatic carbocycles. The van der Waals surface area contributed by atoms with Crippen molar-refractivity contribution in [1.82, 2.24) is 10.2 Å². The second-order valence-electron chi connectivity index (χ2n) is 8.96. The van der Waals surface area contributed by atoms with Crippen LogP contribution < -0.4 is 5.32 Å². The Kier molecular flexibility index (Phi) is 9.56. The minimum Gasteiger partial charge on any atom is -0.379 e. The van der Waals surface area contributed by atoms with Gasteiger partial charge in [-0.25, -0.2) is 0 Å². The van der Waals surface area contributed by atoms with Crippen molar-refractivity contribution in [3.8, 4) is 0 Å². The van der Waals surface area contributed by atoms with Crippen LogP contribution in [0, 0.1) is 5.92 Å². The van der Waals surface area contributed by atoms with E-state index >= 15 is 0 Å². The lowest BCUT2D eigenvalue weighted by Crippen LogP contribution is -2.50. The van der Waals surface area contributed by atoms with E-state index in [1.54, 1.807) is 13.2 Å². The zero-order valence-electron chi connectivity index (χ0n) is 20.4. The molecule has 8 heteroatoms. The third-order valence-electron chi connectivity index (χ3n) is 6.92. The number of benzene rings is 1. The number of rotatable bonds is 5. The number of methoxy groups -OCH3 is 1. The van der Waals surface area contributed by atoms with Gasteiger partial charge in [0, 0.05) is 44.8 Å². The van der Waals surface area contributed by atoms with Crippen LogP contribution in [0.1, 0.15) is 57.1 Å². The monoisotopic (exact) mass is 482 g/mol. The van der Waals surface area contributed by atoms with Gasteiger partial charge in [-0.3, -0.25) is 4.79 Å². The van der Waals surface area contributed by atoms with Gasteiger partial charge in [0.25, 0.3) is 0 Å². The summed E-state index contributed by atoms with van der Waals surface area (Å²) in [4.78, 5) is 14.9. The summed E-state index contributed by atoms with van der Waals surface area (Å²) in [6.07, 6.45) is 1.69. The normalized spacial score (nSPS) is 27.6. The lowest BCUT2D eigenvalue weighted by molar-refractivity contribution is -0.137. The summed E-state index contributed by atoms with van der Waals surface area (Å²) in [5.74, 6) is 0.153. The Morgan fingerprint density at radius 2 is 2.00 bits per heavy atom. The molecule has 4 rings (SSSR count). The summed E-state index contributed by atoms with van der Waals surface area (Å²) in [5, 5.41) is 3.67. The fraction of sp³-hybridized carbons (Fsp3) is 0.654. The van der Waals surface area contributed by atoms with Crippen molar-refractivity contribution in [3.63, 3.8) is 0 Å². The van der Waals surface area contributed by atoms with Gasteiger partial charge in [-0.2, -0.15) is 13.2 Å². The minimum absolute atomic E-state index is 0.00292. The number of carbonyl (C=O) groups is 1. The lowest BCUT2D eigenvalue weighted by Gasteiger charge is -2.33. The largest absolute Gasteiger partial charge is 0.416 e. The molecule has 0 bridgehead atoms. The summed E-state index contributed by atoms with van der Waals surface area (Å²) in [6, 6.07) is 5.97. The Morgan fingerprint density at radius 1 is 1.21 bits per heavy atom. The molecule has 1 saturated heterocycles. The lowest BCUT2D eigenvalue weighted by atomic mass is 9.96. The molecule has 2 aliphatic heterocycles. The first-order valence-electron chi connectivity index (χ1n) is 12.4. The van der Waals surface area contributed by atoms with E-state index in [9.17, 15) is 18.0 Å². The van der Waals surface area contributed by atoms with Gasteiger partial charge in [0.1, 0.15) is 0 Å². The Morgan fingerprint density at radius 3 is 2.68 bits per heavy atom. The fourth-order valence-electron chi connectivity index (χ4n) is 5.08. The Bertz CT molecular complexity index is 843. The van der Waals surface area contributed by atoms with E-state index in [2.05, 4.69) is 5.32 Å². The van der Waals surface area contributed by atoms with E-state index in [-0.39, 0.29) is 24.0 Å². The molecule has 190 valence electrons. The first-order chi connectivity index (χ1) is 16.3. The highest BCUT2D eigenvalue weighted by Gasteiger charge is 2.36. The molecule has 5 nitrogen and oxygen atoms in total. The molecular weight excluding hydrogens is 445 g/mol. The van der Waals surface area contributed by atoms with Crippen molar-refractivity contribution in [3.05, 3.63) is 41.5 Å². The summed E-state index contributed by atoms with van der Waals surface area (Å²) < 4.78 is 50.0. The van der Waals surface area contributed by atoms with E-state index in [1.165, 1.54) is 12.1 Å². The van der Waals surface area contributed by atoms with Gasteiger partial charge in [0.15, 0.2) is 0 Å². The summed E-state index contributed by atoms with van der Waals surface area (Å²) in [6.45, 7) is 6.31. The highest BCUT2D eigenvalue weighted by Crippen LogP contribution is 2.33. The maximum Gasteiger partial charge on any atom is 0.416 e. The summed E-state index contributed by atoms with van der Waals surface area (Å²) >= 11 is 0. The molecule has 2 fully saturated rings. The van der Waals surface area contributed by atoms with E-state index in [0.717, 1.165) is 43.9 Å². The van der Waals surface area contributed by atoms with Crippen molar-refractivity contribution in [1.29, 1.82) is 0 Å². The summed E-state index contributed by atoms with van der Waals surface area (Å²) in [7, 11) is 1.70. The van der Waals surface area contributed by atoms with Gasteiger partial charge in [-0.15, -0.1) is 0 Å². The van der Waals surface area contributed by atoms with Gasteiger partial charge < -0.3 is 19.7 Å². The van der Waals surface area contributed by atoms with Gasteiger partial charge in [-0.1, -0.05) is 32.1 Å². The number of ether oxygens (including phenoxy) is 2. The molecule has 1 amide bonds. The van der Waals surface area contributed by atoms with Gasteiger partial charge in [-0.05, 0) is 55.4 Å². The number of amides is 1. The first kappa shape index (κ1) is 26.7. The van der Waals surface area contributed by atoms with Crippen LogP contribution in [-0.4, -0.2) is 62.4 Å². The molecule has 4 unspecified atom stereocenters. The quantitative estimate of drug-likeness (QED) is 0.648. The standard InChI is InChI=1S/C24H31F3N2O3.C2H6/c1-31-22-15-32-12-9-21(22)28-20-6-5-18(14-20)23(30)29-10-7-16(8-11-29)17-3-2-4-19(13-17)24(25,26)27;1-2/h2-4,7,13,18,20-22,28H,5-6,8-12,14-15H2,1H3;1-2H3. The Balaban J connectivity index is 0.00000158. The first-order valence-corrected chi connectivity index (χ1v) is 12.4. The third kappa shape index (κ3) is 6.61. The van der Waals surface area contributed by atoms with Gasteiger partial charge in [0.05, 0.1) is 18.3 Å². The van der Waals surface area contributed by atoms with Crippen LogP contribution in [0.4, 0.5) is 13.2 Å². The van der Waals surface area contributed by atoms with E-state index < -0.39 is 11.7 Å². The molecule has 1 aromatic carbocycles. The number of halogens is 3. The SMILES string of the molecule is CC.COC1COCCC1NC1CCC(C(=O)N2CC=C(c3cccc(C(F)(F)F)c3)CC2)C1. The molecule has 2 heterocycles. The molecule has 0 aromatic heterocycles. The van der Waals surface area contributed by atoms with Crippen molar-refractivity contribution >= 4 is 11.5 Å². The Hall–Kier alpha value is -1.90. The number of nitrogens with zero attached hydrogens (tertiary/aromatic N) is 1. The van der Waals surface area contributed by atoms with Crippen molar-refractivity contribution in [2.45, 2.75) is 70.3 Å². The smallest absolute Gasteiger partial charge is 0.379 e. The predicted octanol–water partition coefficient (Wildman–Crippen LogP) is 4.91. The molecule has 1 aromatic rings. The van der Waals surface area contributed by atoms with E-state index in [4.69, 9.17) is 9.47 Å².